The number of rotatable bonds is 5. The van der Waals surface area contributed by atoms with Crippen molar-refractivity contribution in [3.63, 3.8) is 0 Å². The second-order valence-corrected chi connectivity index (χ2v) is 4.89. The van der Waals surface area contributed by atoms with E-state index in [1.165, 1.54) is 12.8 Å². The Morgan fingerprint density at radius 3 is 2.36 bits per heavy atom. The van der Waals surface area contributed by atoms with Gasteiger partial charge in [-0.25, -0.2) is 0 Å². The van der Waals surface area contributed by atoms with Crippen LogP contribution in [-0.4, -0.2) is 29.3 Å². The van der Waals surface area contributed by atoms with Crippen LogP contribution >= 0.6 is 11.6 Å². The van der Waals surface area contributed by atoms with Crippen molar-refractivity contribution in [3.05, 3.63) is 0 Å². The molecule has 0 aromatic heterocycles. The molecule has 1 amide bonds. The molecule has 1 fully saturated rings. The third-order valence-electron chi connectivity index (χ3n) is 2.71. The lowest BCUT2D eigenvalue weighted by Crippen LogP contribution is -2.41. The Bertz CT molecular complexity index is 201. The average Bonchev–Trinajstić information content (AvgIpc) is 2.95. The van der Waals surface area contributed by atoms with E-state index in [0.717, 1.165) is 12.5 Å². The van der Waals surface area contributed by atoms with Crippen LogP contribution in [0.25, 0.3) is 0 Å². The molecule has 2 nitrogen and oxygen atoms in total. The van der Waals surface area contributed by atoms with E-state index in [4.69, 9.17) is 11.6 Å². The Morgan fingerprint density at radius 2 is 2.00 bits per heavy atom. The van der Waals surface area contributed by atoms with Crippen LogP contribution < -0.4 is 0 Å². The molecule has 0 bridgehead atoms. The third kappa shape index (κ3) is 3.16. The Kier molecular flexibility index (Phi) is 4.24. The first-order valence-electron chi connectivity index (χ1n) is 5.42. The van der Waals surface area contributed by atoms with Crippen LogP contribution in [0, 0.1) is 11.8 Å². The van der Waals surface area contributed by atoms with Crippen LogP contribution in [0.1, 0.15) is 33.6 Å². The second-order valence-electron chi connectivity index (χ2n) is 4.58. The summed E-state index contributed by atoms with van der Waals surface area (Å²) >= 11 is 5.70. The summed E-state index contributed by atoms with van der Waals surface area (Å²) < 4.78 is 0. The van der Waals surface area contributed by atoms with E-state index in [9.17, 15) is 4.79 Å². The van der Waals surface area contributed by atoms with Crippen molar-refractivity contribution in [3.8, 4) is 0 Å². The summed E-state index contributed by atoms with van der Waals surface area (Å²) in [5, 5.41) is 0. The summed E-state index contributed by atoms with van der Waals surface area (Å²) in [5.41, 5.74) is 0. The maximum absolute atomic E-state index is 11.9. The van der Waals surface area contributed by atoms with Gasteiger partial charge in [0.15, 0.2) is 0 Å². The minimum Gasteiger partial charge on any atom is -0.340 e. The van der Waals surface area contributed by atoms with Crippen molar-refractivity contribution >= 4 is 17.5 Å². The molecule has 1 aliphatic carbocycles. The fraction of sp³-hybridized carbons (Fsp3) is 0.909. The zero-order chi connectivity index (χ0) is 10.7. The van der Waals surface area contributed by atoms with Gasteiger partial charge in [-0.3, -0.25) is 4.79 Å². The highest BCUT2D eigenvalue weighted by atomic mass is 35.5. The van der Waals surface area contributed by atoms with Gasteiger partial charge >= 0.3 is 0 Å². The molecule has 1 atom stereocenters. The van der Waals surface area contributed by atoms with Crippen molar-refractivity contribution in [2.75, 3.05) is 12.4 Å². The zero-order valence-electron chi connectivity index (χ0n) is 9.29. The maximum atomic E-state index is 11.9. The Hall–Kier alpha value is -0.240. The van der Waals surface area contributed by atoms with E-state index in [0.29, 0.717) is 11.9 Å². The van der Waals surface area contributed by atoms with Crippen LogP contribution in [0.3, 0.4) is 0 Å². The standard InChI is InChI=1S/C11H20ClNO/c1-8(2)13(7-10-4-5-10)11(14)9(3)6-12/h8-10H,4-7H2,1-3H3. The number of carbonyl (C=O) groups is 1. The minimum atomic E-state index is -0.0437. The van der Waals surface area contributed by atoms with Gasteiger partial charge in [-0.05, 0) is 32.6 Å². The molecule has 1 saturated carbocycles. The van der Waals surface area contributed by atoms with Crippen molar-refractivity contribution < 1.29 is 4.79 Å². The monoisotopic (exact) mass is 217 g/mol. The van der Waals surface area contributed by atoms with E-state index in [1.54, 1.807) is 0 Å². The number of alkyl halides is 1. The van der Waals surface area contributed by atoms with Crippen molar-refractivity contribution in [1.29, 1.82) is 0 Å². The second kappa shape index (κ2) is 5.01. The number of halogens is 1. The molecule has 1 aliphatic rings. The first-order valence-corrected chi connectivity index (χ1v) is 5.96. The van der Waals surface area contributed by atoms with Crippen LogP contribution in [0.5, 0.6) is 0 Å². The molecular formula is C11H20ClNO. The van der Waals surface area contributed by atoms with E-state index in [2.05, 4.69) is 13.8 Å². The van der Waals surface area contributed by atoms with Crippen LogP contribution in [0.4, 0.5) is 0 Å². The quantitative estimate of drug-likeness (QED) is 0.648. The molecule has 0 radical (unpaired) electrons. The molecular weight excluding hydrogens is 198 g/mol. The minimum absolute atomic E-state index is 0.0437. The van der Waals surface area contributed by atoms with E-state index < -0.39 is 0 Å². The van der Waals surface area contributed by atoms with Gasteiger partial charge in [-0.2, -0.15) is 0 Å². The van der Waals surface area contributed by atoms with Gasteiger partial charge in [0.1, 0.15) is 0 Å². The van der Waals surface area contributed by atoms with Gasteiger partial charge in [0.05, 0.1) is 0 Å². The summed E-state index contributed by atoms with van der Waals surface area (Å²) in [6, 6.07) is 0.300. The summed E-state index contributed by atoms with van der Waals surface area (Å²) in [4.78, 5) is 13.9. The molecule has 3 heteroatoms. The van der Waals surface area contributed by atoms with E-state index in [1.807, 2.05) is 11.8 Å². The number of carbonyl (C=O) groups excluding carboxylic acids is 1. The number of amides is 1. The van der Waals surface area contributed by atoms with Crippen molar-refractivity contribution in [1.82, 2.24) is 4.90 Å². The van der Waals surface area contributed by atoms with Gasteiger partial charge in [0, 0.05) is 24.4 Å². The molecule has 1 unspecified atom stereocenters. The van der Waals surface area contributed by atoms with Crippen molar-refractivity contribution in [2.24, 2.45) is 11.8 Å². The molecule has 0 saturated heterocycles. The Labute approximate surface area is 91.6 Å². The van der Waals surface area contributed by atoms with E-state index >= 15 is 0 Å². The molecule has 0 aromatic rings. The molecule has 1 rings (SSSR count). The third-order valence-corrected chi connectivity index (χ3v) is 3.17. The summed E-state index contributed by atoms with van der Waals surface area (Å²) in [5.74, 6) is 1.34. The molecule has 0 aliphatic heterocycles. The lowest BCUT2D eigenvalue weighted by molar-refractivity contribution is -0.136. The number of hydrogen-bond acceptors (Lipinski definition) is 1. The average molecular weight is 218 g/mol. The van der Waals surface area contributed by atoms with Gasteiger partial charge in [-0.1, -0.05) is 6.92 Å². The first-order chi connectivity index (χ1) is 6.56. The highest BCUT2D eigenvalue weighted by Crippen LogP contribution is 2.30. The largest absolute Gasteiger partial charge is 0.340 e. The number of hydrogen-bond donors (Lipinski definition) is 0. The summed E-state index contributed by atoms with van der Waals surface area (Å²) in [6.07, 6.45) is 2.57. The van der Waals surface area contributed by atoms with Crippen LogP contribution in [0.15, 0.2) is 0 Å². The topological polar surface area (TPSA) is 20.3 Å². The summed E-state index contributed by atoms with van der Waals surface area (Å²) in [6.45, 7) is 6.97. The highest BCUT2D eigenvalue weighted by molar-refractivity contribution is 6.19. The van der Waals surface area contributed by atoms with Gasteiger partial charge in [0.25, 0.3) is 0 Å². The van der Waals surface area contributed by atoms with Crippen LogP contribution in [0.2, 0.25) is 0 Å². The molecule has 0 aromatic carbocycles. The van der Waals surface area contributed by atoms with Crippen molar-refractivity contribution in [2.45, 2.75) is 39.7 Å². The summed E-state index contributed by atoms with van der Waals surface area (Å²) in [7, 11) is 0. The molecule has 0 heterocycles. The SMILES string of the molecule is CC(CCl)C(=O)N(CC1CC1)C(C)C. The number of nitrogens with zero attached hydrogens (tertiary/aromatic N) is 1. The normalized spacial score (nSPS) is 18.4. The lowest BCUT2D eigenvalue weighted by Gasteiger charge is -2.29. The Morgan fingerprint density at radius 1 is 1.43 bits per heavy atom. The predicted octanol–water partition coefficient (Wildman–Crippen LogP) is 2.51. The molecule has 82 valence electrons. The molecule has 0 spiro atoms. The molecule has 14 heavy (non-hydrogen) atoms. The fourth-order valence-corrected chi connectivity index (χ4v) is 1.61. The van der Waals surface area contributed by atoms with Gasteiger partial charge in [-0.15, -0.1) is 11.6 Å². The fourth-order valence-electron chi connectivity index (χ4n) is 1.48. The highest BCUT2D eigenvalue weighted by Gasteiger charge is 2.29. The maximum Gasteiger partial charge on any atom is 0.226 e. The Balaban J connectivity index is 2.51. The molecule has 0 N–H and O–H groups in total. The van der Waals surface area contributed by atoms with Crippen LogP contribution in [-0.2, 0) is 4.79 Å². The van der Waals surface area contributed by atoms with E-state index in [-0.39, 0.29) is 11.8 Å². The smallest absolute Gasteiger partial charge is 0.226 e. The predicted molar refractivity (Wildman–Crippen MR) is 59.5 cm³/mol. The van der Waals surface area contributed by atoms with Gasteiger partial charge in [0.2, 0.25) is 5.91 Å². The first kappa shape index (κ1) is 11.8. The lowest BCUT2D eigenvalue weighted by atomic mass is 10.1. The zero-order valence-corrected chi connectivity index (χ0v) is 10.0. The van der Waals surface area contributed by atoms with Gasteiger partial charge < -0.3 is 4.90 Å².